The fraction of sp³-hybridized carbons (Fsp3) is 0.174. The van der Waals surface area contributed by atoms with Crippen molar-refractivity contribution in [2.45, 2.75) is 24.5 Å². The number of benzene rings is 3. The monoisotopic (exact) mass is 377 g/mol. The molecule has 0 radical (unpaired) electrons. The lowest BCUT2D eigenvalue weighted by Gasteiger charge is -2.11. The van der Waals surface area contributed by atoms with Gasteiger partial charge in [0, 0.05) is 16.3 Å². The van der Waals surface area contributed by atoms with Crippen molar-refractivity contribution >= 4 is 23.4 Å². The van der Waals surface area contributed by atoms with Crippen LogP contribution in [-0.4, -0.2) is 12.5 Å². The average Bonchev–Trinajstić information content (AvgIpc) is 2.69. The molecule has 0 aliphatic rings. The molecule has 1 amide bonds. The summed E-state index contributed by atoms with van der Waals surface area (Å²) in [6.07, 6.45) is 0. The lowest BCUT2D eigenvalue weighted by molar-refractivity contribution is -0.118. The molecule has 3 rings (SSSR count). The third-order valence-corrected chi connectivity index (χ3v) is 5.38. The number of amides is 1. The van der Waals surface area contributed by atoms with Crippen LogP contribution in [0.25, 0.3) is 0 Å². The van der Waals surface area contributed by atoms with Gasteiger partial charge >= 0.3 is 0 Å². The first-order valence-corrected chi connectivity index (χ1v) is 9.86. The summed E-state index contributed by atoms with van der Waals surface area (Å²) in [5, 5.41) is 2.88. The van der Waals surface area contributed by atoms with E-state index in [9.17, 15) is 4.79 Å². The Labute approximate surface area is 164 Å². The van der Waals surface area contributed by atoms with Crippen LogP contribution in [-0.2, 0) is 10.5 Å². The van der Waals surface area contributed by atoms with Crippen molar-refractivity contribution in [3.8, 4) is 5.75 Å². The molecule has 0 aliphatic heterocycles. The molecule has 0 heterocycles. The summed E-state index contributed by atoms with van der Waals surface area (Å²) in [5.41, 5.74) is 4.20. The molecule has 1 N–H and O–H groups in total. The summed E-state index contributed by atoms with van der Waals surface area (Å²) in [4.78, 5) is 13.4. The lowest BCUT2D eigenvalue weighted by Crippen LogP contribution is -2.20. The highest BCUT2D eigenvalue weighted by Gasteiger charge is 2.07. The van der Waals surface area contributed by atoms with E-state index in [1.807, 2.05) is 74.5 Å². The number of nitrogens with one attached hydrogen (secondary N) is 1. The summed E-state index contributed by atoms with van der Waals surface area (Å²) < 4.78 is 5.65. The zero-order chi connectivity index (χ0) is 19.1. The van der Waals surface area contributed by atoms with E-state index in [-0.39, 0.29) is 12.5 Å². The van der Waals surface area contributed by atoms with Crippen LogP contribution >= 0.6 is 11.8 Å². The van der Waals surface area contributed by atoms with Gasteiger partial charge in [-0.2, -0.15) is 0 Å². The van der Waals surface area contributed by atoms with Crippen molar-refractivity contribution in [3.05, 3.63) is 89.5 Å². The molecule has 0 aliphatic carbocycles. The number of thioether (sulfide) groups is 1. The molecule has 27 heavy (non-hydrogen) atoms. The zero-order valence-electron chi connectivity index (χ0n) is 15.6. The number of anilines is 1. The van der Waals surface area contributed by atoms with Gasteiger partial charge in [0.05, 0.1) is 0 Å². The minimum atomic E-state index is -0.165. The molecule has 0 fully saturated rings. The Balaban J connectivity index is 1.49. The summed E-state index contributed by atoms with van der Waals surface area (Å²) in [5.74, 6) is 1.48. The van der Waals surface area contributed by atoms with Crippen molar-refractivity contribution in [1.82, 2.24) is 0 Å². The van der Waals surface area contributed by atoms with Crippen molar-refractivity contribution in [2.24, 2.45) is 0 Å². The Morgan fingerprint density at radius 3 is 2.41 bits per heavy atom. The molecule has 0 aromatic heterocycles. The Kier molecular flexibility index (Phi) is 6.55. The number of aryl methyl sites for hydroxylation is 1. The van der Waals surface area contributed by atoms with E-state index in [4.69, 9.17) is 4.74 Å². The van der Waals surface area contributed by atoms with Crippen LogP contribution in [0.4, 0.5) is 5.69 Å². The topological polar surface area (TPSA) is 38.3 Å². The van der Waals surface area contributed by atoms with Gasteiger partial charge in [-0.05, 0) is 60.9 Å². The van der Waals surface area contributed by atoms with Gasteiger partial charge in [0.25, 0.3) is 5.91 Å². The molecule has 0 saturated carbocycles. The van der Waals surface area contributed by atoms with Crippen LogP contribution < -0.4 is 10.1 Å². The Morgan fingerprint density at radius 1 is 0.926 bits per heavy atom. The predicted molar refractivity (Wildman–Crippen MR) is 112 cm³/mol. The van der Waals surface area contributed by atoms with Gasteiger partial charge in [-0.25, -0.2) is 0 Å². The quantitative estimate of drug-likeness (QED) is 0.544. The molecule has 138 valence electrons. The maximum Gasteiger partial charge on any atom is 0.262 e. The molecular formula is C23H23NO2S. The number of carbonyl (C=O) groups excluding carboxylic acids is 1. The highest BCUT2D eigenvalue weighted by Crippen LogP contribution is 2.23. The van der Waals surface area contributed by atoms with Gasteiger partial charge in [0.15, 0.2) is 6.61 Å². The largest absolute Gasteiger partial charge is 0.483 e. The van der Waals surface area contributed by atoms with Gasteiger partial charge in [-0.3, -0.25) is 4.79 Å². The van der Waals surface area contributed by atoms with Crippen LogP contribution in [0, 0.1) is 13.8 Å². The predicted octanol–water partition coefficient (Wildman–Crippen LogP) is 5.61. The first-order valence-electron chi connectivity index (χ1n) is 8.87. The van der Waals surface area contributed by atoms with Crippen LogP contribution in [0.3, 0.4) is 0 Å². The number of carbonyl (C=O) groups is 1. The highest BCUT2D eigenvalue weighted by atomic mass is 32.2. The van der Waals surface area contributed by atoms with Crippen molar-refractivity contribution < 1.29 is 9.53 Å². The standard InChI is InChI=1S/C23H23NO2S/c1-17-7-6-10-22(18(17)2)26-15-23(25)24-20-13-11-19(12-14-20)16-27-21-8-4-3-5-9-21/h3-14H,15-16H2,1-2H3,(H,24,25). The van der Waals surface area contributed by atoms with E-state index in [2.05, 4.69) is 17.4 Å². The molecule has 0 atom stereocenters. The number of rotatable bonds is 7. The van der Waals surface area contributed by atoms with Gasteiger partial charge in [-0.15, -0.1) is 11.8 Å². The van der Waals surface area contributed by atoms with E-state index in [0.29, 0.717) is 0 Å². The van der Waals surface area contributed by atoms with Gasteiger partial charge in [-0.1, -0.05) is 42.5 Å². The second-order valence-corrected chi connectivity index (χ2v) is 7.38. The fourth-order valence-electron chi connectivity index (χ4n) is 2.59. The van der Waals surface area contributed by atoms with E-state index >= 15 is 0 Å². The lowest BCUT2D eigenvalue weighted by atomic mass is 10.1. The molecule has 3 nitrogen and oxygen atoms in total. The van der Waals surface area contributed by atoms with Gasteiger partial charge in [0.1, 0.15) is 5.75 Å². The average molecular weight is 378 g/mol. The molecule has 4 heteroatoms. The first-order chi connectivity index (χ1) is 13.1. The molecule has 3 aromatic rings. The third kappa shape index (κ3) is 5.63. The maximum atomic E-state index is 12.1. The highest BCUT2D eigenvalue weighted by molar-refractivity contribution is 7.98. The Bertz CT molecular complexity index is 892. The molecular weight excluding hydrogens is 354 g/mol. The summed E-state index contributed by atoms with van der Waals surface area (Å²) in [7, 11) is 0. The summed E-state index contributed by atoms with van der Waals surface area (Å²) in [6.45, 7) is 4.02. The minimum Gasteiger partial charge on any atom is -0.483 e. The van der Waals surface area contributed by atoms with Crippen LogP contribution in [0.15, 0.2) is 77.7 Å². The van der Waals surface area contributed by atoms with E-state index in [1.54, 1.807) is 11.8 Å². The second-order valence-electron chi connectivity index (χ2n) is 6.33. The summed E-state index contributed by atoms with van der Waals surface area (Å²) in [6, 6.07) is 24.1. The number of ether oxygens (including phenoxy) is 1. The molecule has 0 bridgehead atoms. The van der Waals surface area contributed by atoms with Gasteiger partial charge in [0.2, 0.25) is 0 Å². The smallest absolute Gasteiger partial charge is 0.262 e. The molecule has 0 saturated heterocycles. The second kappa shape index (κ2) is 9.28. The van der Waals surface area contributed by atoms with E-state index in [1.165, 1.54) is 10.5 Å². The van der Waals surface area contributed by atoms with Crippen molar-refractivity contribution in [2.75, 3.05) is 11.9 Å². The third-order valence-electron chi connectivity index (χ3n) is 4.30. The number of hydrogen-bond acceptors (Lipinski definition) is 3. The minimum absolute atomic E-state index is 0.00406. The molecule has 3 aromatic carbocycles. The zero-order valence-corrected chi connectivity index (χ0v) is 16.4. The van der Waals surface area contributed by atoms with Crippen LogP contribution in [0.1, 0.15) is 16.7 Å². The number of hydrogen-bond donors (Lipinski definition) is 1. The van der Waals surface area contributed by atoms with Crippen molar-refractivity contribution in [1.29, 1.82) is 0 Å². The first kappa shape index (κ1) is 19.1. The van der Waals surface area contributed by atoms with Crippen molar-refractivity contribution in [3.63, 3.8) is 0 Å². The van der Waals surface area contributed by atoms with Crippen LogP contribution in [0.2, 0.25) is 0 Å². The molecule has 0 unspecified atom stereocenters. The van der Waals surface area contributed by atoms with Gasteiger partial charge < -0.3 is 10.1 Å². The molecule has 0 spiro atoms. The maximum absolute atomic E-state index is 12.1. The van der Waals surface area contributed by atoms with Crippen LogP contribution in [0.5, 0.6) is 5.75 Å². The Hall–Kier alpha value is -2.72. The fourth-order valence-corrected chi connectivity index (χ4v) is 3.46. The van der Waals surface area contributed by atoms with E-state index < -0.39 is 0 Å². The Morgan fingerprint density at radius 2 is 1.67 bits per heavy atom. The SMILES string of the molecule is Cc1cccc(OCC(=O)Nc2ccc(CSc3ccccc3)cc2)c1C. The van der Waals surface area contributed by atoms with E-state index in [0.717, 1.165) is 28.3 Å². The normalized spacial score (nSPS) is 10.4. The summed E-state index contributed by atoms with van der Waals surface area (Å²) >= 11 is 1.79.